The van der Waals surface area contributed by atoms with Crippen LogP contribution in [-0.2, 0) is 20.9 Å². The second-order valence-corrected chi connectivity index (χ2v) is 6.19. The zero-order valence-electron chi connectivity index (χ0n) is 13.4. The van der Waals surface area contributed by atoms with Crippen LogP contribution in [0, 0.1) is 0 Å². The van der Waals surface area contributed by atoms with E-state index in [0.29, 0.717) is 0 Å². The van der Waals surface area contributed by atoms with Crippen molar-refractivity contribution in [3.63, 3.8) is 0 Å². The third-order valence-electron chi connectivity index (χ3n) is 3.02. The fraction of sp³-hybridized carbons (Fsp3) is 0.438. The molecule has 1 saturated heterocycles. The van der Waals surface area contributed by atoms with Gasteiger partial charge in [0.25, 0.3) is 0 Å². The fourth-order valence-corrected chi connectivity index (χ4v) is 2.00. The van der Waals surface area contributed by atoms with Gasteiger partial charge in [0.15, 0.2) is 0 Å². The SMILES string of the molecule is CC(C)(C)OC(=O)C1CN(C(=O)OCc2ccccc2)C(=O)N1. The van der Waals surface area contributed by atoms with Crippen LogP contribution in [0.15, 0.2) is 30.3 Å². The molecule has 3 amide bonds. The minimum Gasteiger partial charge on any atom is -0.458 e. The molecule has 0 aliphatic carbocycles. The van der Waals surface area contributed by atoms with Crippen molar-refractivity contribution in [2.45, 2.75) is 39.0 Å². The van der Waals surface area contributed by atoms with Gasteiger partial charge in [-0.2, -0.15) is 0 Å². The molecule has 0 bridgehead atoms. The number of imide groups is 1. The molecule has 23 heavy (non-hydrogen) atoms. The standard InChI is InChI=1S/C16H20N2O5/c1-16(2,3)23-13(19)12-9-18(14(20)17-12)15(21)22-10-11-7-5-4-6-8-11/h4-8,12H,9-10H2,1-3H3,(H,17,20). The van der Waals surface area contributed by atoms with Crippen molar-refractivity contribution in [2.75, 3.05) is 6.54 Å². The maximum atomic E-state index is 12.0. The van der Waals surface area contributed by atoms with Crippen molar-refractivity contribution in [3.05, 3.63) is 35.9 Å². The van der Waals surface area contributed by atoms with E-state index in [4.69, 9.17) is 9.47 Å². The Kier molecular flexibility index (Phi) is 4.88. The van der Waals surface area contributed by atoms with Gasteiger partial charge in [0.05, 0.1) is 6.54 Å². The topological polar surface area (TPSA) is 84.9 Å². The molecule has 1 fully saturated rings. The molecule has 0 saturated carbocycles. The average molecular weight is 320 g/mol. The number of benzene rings is 1. The number of urea groups is 1. The first kappa shape index (κ1) is 16.8. The van der Waals surface area contributed by atoms with E-state index in [2.05, 4.69) is 5.32 Å². The summed E-state index contributed by atoms with van der Waals surface area (Å²) in [7, 11) is 0. The summed E-state index contributed by atoms with van der Waals surface area (Å²) in [4.78, 5) is 36.6. The molecule has 1 aromatic rings. The van der Waals surface area contributed by atoms with Gasteiger partial charge in [0.2, 0.25) is 0 Å². The summed E-state index contributed by atoms with van der Waals surface area (Å²) >= 11 is 0. The molecule has 1 aromatic carbocycles. The van der Waals surface area contributed by atoms with Crippen LogP contribution < -0.4 is 5.32 Å². The maximum Gasteiger partial charge on any atom is 0.418 e. The third-order valence-corrected chi connectivity index (χ3v) is 3.02. The number of hydrogen-bond acceptors (Lipinski definition) is 5. The first-order chi connectivity index (χ1) is 10.8. The highest BCUT2D eigenvalue weighted by atomic mass is 16.6. The third kappa shape index (κ3) is 4.70. The summed E-state index contributed by atoms with van der Waals surface area (Å²) in [5.74, 6) is -0.579. The molecule has 1 heterocycles. The Balaban J connectivity index is 1.89. The van der Waals surface area contributed by atoms with Crippen LogP contribution in [0.1, 0.15) is 26.3 Å². The van der Waals surface area contributed by atoms with Gasteiger partial charge in [0, 0.05) is 0 Å². The monoisotopic (exact) mass is 320 g/mol. The quantitative estimate of drug-likeness (QED) is 0.862. The molecule has 1 aliphatic heterocycles. The van der Waals surface area contributed by atoms with E-state index in [1.54, 1.807) is 32.9 Å². The lowest BCUT2D eigenvalue weighted by Crippen LogP contribution is -2.39. The zero-order chi connectivity index (χ0) is 17.0. The number of nitrogens with one attached hydrogen (secondary N) is 1. The predicted octanol–water partition coefficient (Wildman–Crippen LogP) is 2.06. The predicted molar refractivity (Wildman–Crippen MR) is 81.5 cm³/mol. The number of ether oxygens (including phenoxy) is 2. The molecule has 7 heteroatoms. The van der Waals surface area contributed by atoms with Gasteiger partial charge in [-0.25, -0.2) is 19.3 Å². The number of esters is 1. The highest BCUT2D eigenvalue weighted by Crippen LogP contribution is 2.13. The minimum absolute atomic E-state index is 0.0561. The Morgan fingerprint density at radius 2 is 1.91 bits per heavy atom. The van der Waals surface area contributed by atoms with E-state index < -0.39 is 29.7 Å². The van der Waals surface area contributed by atoms with Gasteiger partial charge in [-0.05, 0) is 26.3 Å². The molecule has 7 nitrogen and oxygen atoms in total. The van der Waals surface area contributed by atoms with Gasteiger partial charge >= 0.3 is 18.1 Å². The number of amides is 3. The smallest absolute Gasteiger partial charge is 0.418 e. The van der Waals surface area contributed by atoms with Crippen LogP contribution in [0.4, 0.5) is 9.59 Å². The largest absolute Gasteiger partial charge is 0.458 e. The van der Waals surface area contributed by atoms with Crippen molar-refractivity contribution in [1.82, 2.24) is 10.2 Å². The number of nitrogens with zero attached hydrogens (tertiary/aromatic N) is 1. The zero-order valence-corrected chi connectivity index (χ0v) is 13.4. The number of rotatable bonds is 3. The summed E-state index contributed by atoms with van der Waals surface area (Å²) in [5, 5.41) is 2.42. The second kappa shape index (κ2) is 6.68. The molecule has 1 N–H and O–H groups in total. The van der Waals surface area contributed by atoms with E-state index >= 15 is 0 Å². The van der Waals surface area contributed by atoms with Crippen LogP contribution >= 0.6 is 0 Å². The number of hydrogen-bond donors (Lipinski definition) is 1. The molecule has 124 valence electrons. The first-order valence-electron chi connectivity index (χ1n) is 7.28. The highest BCUT2D eigenvalue weighted by molar-refractivity contribution is 5.96. The summed E-state index contributed by atoms with van der Waals surface area (Å²) in [6.07, 6.45) is -0.794. The highest BCUT2D eigenvalue weighted by Gasteiger charge is 2.40. The molecule has 0 aromatic heterocycles. The Morgan fingerprint density at radius 1 is 1.26 bits per heavy atom. The van der Waals surface area contributed by atoms with Gasteiger partial charge in [-0.15, -0.1) is 0 Å². The Labute approximate surface area is 134 Å². The number of carbonyl (C=O) groups excluding carboxylic acids is 3. The van der Waals surface area contributed by atoms with Crippen molar-refractivity contribution in [2.24, 2.45) is 0 Å². The molecule has 0 spiro atoms. The molecule has 0 radical (unpaired) electrons. The average Bonchev–Trinajstić information content (AvgIpc) is 2.86. The van der Waals surface area contributed by atoms with E-state index in [9.17, 15) is 14.4 Å². The molecular formula is C16H20N2O5. The van der Waals surface area contributed by atoms with E-state index in [1.807, 2.05) is 18.2 Å². The van der Waals surface area contributed by atoms with Crippen LogP contribution in [-0.4, -0.2) is 41.2 Å². The fourth-order valence-electron chi connectivity index (χ4n) is 2.00. The number of carbonyl (C=O) groups is 3. The van der Waals surface area contributed by atoms with E-state index in [1.165, 1.54) is 0 Å². The molecule has 1 atom stereocenters. The lowest BCUT2D eigenvalue weighted by atomic mass is 10.2. The van der Waals surface area contributed by atoms with E-state index in [0.717, 1.165) is 10.5 Å². The summed E-state index contributed by atoms with van der Waals surface area (Å²) in [5.41, 5.74) is 0.146. The van der Waals surface area contributed by atoms with Crippen molar-refractivity contribution in [1.29, 1.82) is 0 Å². The van der Waals surface area contributed by atoms with Gasteiger partial charge in [0.1, 0.15) is 18.2 Å². The van der Waals surface area contributed by atoms with Gasteiger partial charge < -0.3 is 14.8 Å². The van der Waals surface area contributed by atoms with Crippen LogP contribution in [0.5, 0.6) is 0 Å². The normalized spacial score (nSPS) is 17.6. The summed E-state index contributed by atoms with van der Waals surface area (Å²) in [6.45, 7) is 5.14. The second-order valence-electron chi connectivity index (χ2n) is 6.19. The van der Waals surface area contributed by atoms with E-state index in [-0.39, 0.29) is 13.2 Å². The summed E-state index contributed by atoms with van der Waals surface area (Å²) < 4.78 is 10.3. The summed E-state index contributed by atoms with van der Waals surface area (Å²) in [6, 6.07) is 7.56. The van der Waals surface area contributed by atoms with Gasteiger partial charge in [-0.3, -0.25) is 0 Å². The maximum absolute atomic E-state index is 12.0. The lowest BCUT2D eigenvalue weighted by Gasteiger charge is -2.21. The minimum atomic E-state index is -0.883. The van der Waals surface area contributed by atoms with Gasteiger partial charge in [-0.1, -0.05) is 30.3 Å². The first-order valence-corrected chi connectivity index (χ1v) is 7.28. The molecular weight excluding hydrogens is 300 g/mol. The molecule has 1 unspecified atom stereocenters. The van der Waals surface area contributed by atoms with Crippen molar-refractivity contribution in [3.8, 4) is 0 Å². The Hall–Kier alpha value is -2.57. The van der Waals surface area contributed by atoms with Crippen molar-refractivity contribution < 1.29 is 23.9 Å². The molecule has 2 rings (SSSR count). The van der Waals surface area contributed by atoms with Crippen LogP contribution in [0.25, 0.3) is 0 Å². The lowest BCUT2D eigenvalue weighted by molar-refractivity contribution is -0.156. The Morgan fingerprint density at radius 3 is 2.52 bits per heavy atom. The van der Waals surface area contributed by atoms with Crippen LogP contribution in [0.3, 0.4) is 0 Å². The Bertz CT molecular complexity index is 594. The van der Waals surface area contributed by atoms with Crippen molar-refractivity contribution >= 4 is 18.1 Å². The van der Waals surface area contributed by atoms with Crippen LogP contribution in [0.2, 0.25) is 0 Å². The molecule has 1 aliphatic rings.